The second-order valence-corrected chi connectivity index (χ2v) is 6.14. The van der Waals surface area contributed by atoms with Gasteiger partial charge in [-0.05, 0) is 43.7 Å². The molecule has 0 fully saturated rings. The zero-order chi connectivity index (χ0) is 14.8. The summed E-state index contributed by atoms with van der Waals surface area (Å²) in [6.45, 7) is 4.41. The van der Waals surface area contributed by atoms with E-state index in [0.29, 0.717) is 6.54 Å². The Labute approximate surface area is 122 Å². The van der Waals surface area contributed by atoms with Crippen molar-refractivity contribution in [3.63, 3.8) is 0 Å². The van der Waals surface area contributed by atoms with Crippen LogP contribution in [0.3, 0.4) is 0 Å². The van der Waals surface area contributed by atoms with E-state index in [2.05, 4.69) is 24.3 Å². The Morgan fingerprint density at radius 1 is 1.45 bits per heavy atom. The molecular formula is C17H26N2O. The minimum atomic E-state index is -0.443. The Morgan fingerprint density at radius 3 is 2.80 bits per heavy atom. The van der Waals surface area contributed by atoms with E-state index >= 15 is 0 Å². The number of hydrogen-bond acceptors (Lipinski definition) is 2. The molecule has 0 radical (unpaired) electrons. The summed E-state index contributed by atoms with van der Waals surface area (Å²) in [6.07, 6.45) is 4.09. The van der Waals surface area contributed by atoms with Crippen LogP contribution >= 0.6 is 0 Å². The number of rotatable bonds is 4. The van der Waals surface area contributed by atoms with E-state index in [0.717, 1.165) is 25.7 Å². The van der Waals surface area contributed by atoms with Gasteiger partial charge in [0.25, 0.3) is 0 Å². The van der Waals surface area contributed by atoms with E-state index in [1.165, 1.54) is 11.1 Å². The van der Waals surface area contributed by atoms with E-state index in [9.17, 15) is 4.79 Å². The predicted molar refractivity (Wildman–Crippen MR) is 82.3 cm³/mol. The quantitative estimate of drug-likeness (QED) is 0.917. The summed E-state index contributed by atoms with van der Waals surface area (Å²) in [5, 5.41) is 0. The third kappa shape index (κ3) is 2.59. The van der Waals surface area contributed by atoms with Crippen molar-refractivity contribution in [2.75, 3.05) is 13.6 Å². The zero-order valence-corrected chi connectivity index (χ0v) is 12.9. The van der Waals surface area contributed by atoms with Crippen molar-refractivity contribution in [1.29, 1.82) is 0 Å². The fourth-order valence-corrected chi connectivity index (χ4v) is 3.08. The number of aryl methyl sites for hydroxylation is 1. The first kappa shape index (κ1) is 15.0. The van der Waals surface area contributed by atoms with Crippen LogP contribution in [0.5, 0.6) is 0 Å². The van der Waals surface area contributed by atoms with Gasteiger partial charge in [-0.3, -0.25) is 4.79 Å². The van der Waals surface area contributed by atoms with E-state index in [-0.39, 0.29) is 11.9 Å². The Kier molecular flexibility index (Phi) is 4.48. The highest BCUT2D eigenvalue weighted by molar-refractivity contribution is 5.82. The van der Waals surface area contributed by atoms with Gasteiger partial charge in [0, 0.05) is 13.6 Å². The molecule has 2 atom stereocenters. The maximum atomic E-state index is 12.8. The van der Waals surface area contributed by atoms with Crippen LogP contribution in [0.4, 0.5) is 0 Å². The second-order valence-electron chi connectivity index (χ2n) is 6.14. The third-order valence-corrected chi connectivity index (χ3v) is 4.87. The van der Waals surface area contributed by atoms with Crippen LogP contribution in [0.25, 0.3) is 0 Å². The first-order valence-corrected chi connectivity index (χ1v) is 7.58. The lowest BCUT2D eigenvalue weighted by Gasteiger charge is -2.38. The van der Waals surface area contributed by atoms with Crippen molar-refractivity contribution >= 4 is 5.91 Å². The molecule has 1 amide bonds. The van der Waals surface area contributed by atoms with Crippen LogP contribution in [-0.2, 0) is 11.2 Å². The van der Waals surface area contributed by atoms with Crippen LogP contribution < -0.4 is 5.73 Å². The van der Waals surface area contributed by atoms with Gasteiger partial charge in [-0.15, -0.1) is 0 Å². The van der Waals surface area contributed by atoms with Gasteiger partial charge in [0.05, 0.1) is 11.5 Å². The Morgan fingerprint density at radius 2 is 2.15 bits per heavy atom. The van der Waals surface area contributed by atoms with Gasteiger partial charge < -0.3 is 10.6 Å². The zero-order valence-electron chi connectivity index (χ0n) is 12.9. The van der Waals surface area contributed by atoms with Crippen LogP contribution in [0, 0.1) is 5.41 Å². The minimum Gasteiger partial charge on any atom is -0.338 e. The fraction of sp³-hybridized carbons (Fsp3) is 0.588. The van der Waals surface area contributed by atoms with Crippen molar-refractivity contribution in [1.82, 2.24) is 4.90 Å². The molecule has 0 heterocycles. The van der Waals surface area contributed by atoms with Gasteiger partial charge in [0.15, 0.2) is 0 Å². The van der Waals surface area contributed by atoms with Gasteiger partial charge in [-0.1, -0.05) is 31.2 Å². The summed E-state index contributed by atoms with van der Waals surface area (Å²) in [5.41, 5.74) is 8.08. The topological polar surface area (TPSA) is 46.3 Å². The summed E-state index contributed by atoms with van der Waals surface area (Å²) in [6, 6.07) is 8.69. The molecule has 0 saturated heterocycles. The Hall–Kier alpha value is -1.35. The number of fused-ring (bicyclic) bond motifs is 1. The normalized spacial score (nSPS) is 20.9. The molecule has 3 nitrogen and oxygen atoms in total. The van der Waals surface area contributed by atoms with Crippen LogP contribution in [0.15, 0.2) is 24.3 Å². The number of carbonyl (C=O) groups excluding carboxylic acids is 1. The second kappa shape index (κ2) is 5.96. The van der Waals surface area contributed by atoms with Gasteiger partial charge in [-0.25, -0.2) is 0 Å². The first-order chi connectivity index (χ1) is 9.53. The molecule has 110 valence electrons. The van der Waals surface area contributed by atoms with Gasteiger partial charge >= 0.3 is 0 Å². The third-order valence-electron chi connectivity index (χ3n) is 4.87. The maximum absolute atomic E-state index is 12.8. The Bertz CT molecular complexity index is 480. The van der Waals surface area contributed by atoms with Gasteiger partial charge in [0.1, 0.15) is 0 Å². The van der Waals surface area contributed by atoms with Crippen LogP contribution in [-0.4, -0.2) is 24.4 Å². The standard InChI is InChI=1S/C17H26N2O/c1-4-17(2,12-18)16(20)19(3)15-11-7-9-13-8-5-6-10-14(13)15/h5-6,8,10,15H,4,7,9,11-12,18H2,1-3H3. The van der Waals surface area contributed by atoms with Crippen LogP contribution in [0.1, 0.15) is 50.3 Å². The molecule has 2 unspecified atom stereocenters. The highest BCUT2D eigenvalue weighted by atomic mass is 16.2. The smallest absolute Gasteiger partial charge is 0.230 e. The number of carbonyl (C=O) groups is 1. The lowest BCUT2D eigenvalue weighted by atomic mass is 9.83. The Balaban J connectivity index is 2.27. The van der Waals surface area contributed by atoms with E-state index in [1.54, 1.807) is 0 Å². The summed E-state index contributed by atoms with van der Waals surface area (Å²) in [7, 11) is 1.93. The minimum absolute atomic E-state index is 0.171. The van der Waals surface area contributed by atoms with Crippen molar-refractivity contribution in [2.45, 2.75) is 45.6 Å². The van der Waals surface area contributed by atoms with E-state index in [4.69, 9.17) is 5.73 Å². The maximum Gasteiger partial charge on any atom is 0.230 e. The van der Waals surface area contributed by atoms with Crippen molar-refractivity contribution < 1.29 is 4.79 Å². The molecule has 1 aliphatic rings. The lowest BCUT2D eigenvalue weighted by molar-refractivity contribution is -0.142. The highest BCUT2D eigenvalue weighted by Crippen LogP contribution is 2.36. The van der Waals surface area contributed by atoms with Gasteiger partial charge in [-0.2, -0.15) is 0 Å². The van der Waals surface area contributed by atoms with Gasteiger partial charge in [0.2, 0.25) is 5.91 Å². The molecule has 0 saturated carbocycles. The molecule has 0 spiro atoms. The van der Waals surface area contributed by atoms with Crippen molar-refractivity contribution in [2.24, 2.45) is 11.1 Å². The van der Waals surface area contributed by atoms with Crippen LogP contribution in [0.2, 0.25) is 0 Å². The molecule has 20 heavy (non-hydrogen) atoms. The molecule has 3 heteroatoms. The predicted octanol–water partition coefficient (Wildman–Crippen LogP) is 2.90. The van der Waals surface area contributed by atoms with Crippen molar-refractivity contribution in [3.8, 4) is 0 Å². The molecule has 2 rings (SSSR count). The average Bonchev–Trinajstić information content (AvgIpc) is 2.52. The number of benzene rings is 1. The van der Waals surface area contributed by atoms with Crippen molar-refractivity contribution in [3.05, 3.63) is 35.4 Å². The highest BCUT2D eigenvalue weighted by Gasteiger charge is 2.36. The number of amides is 1. The van der Waals surface area contributed by atoms with E-state index in [1.807, 2.05) is 25.8 Å². The fourth-order valence-electron chi connectivity index (χ4n) is 3.08. The summed E-state index contributed by atoms with van der Waals surface area (Å²) < 4.78 is 0. The molecule has 0 bridgehead atoms. The number of hydrogen-bond donors (Lipinski definition) is 1. The average molecular weight is 274 g/mol. The summed E-state index contributed by atoms with van der Waals surface area (Å²) in [4.78, 5) is 14.7. The summed E-state index contributed by atoms with van der Waals surface area (Å²) >= 11 is 0. The number of nitrogens with two attached hydrogens (primary N) is 1. The largest absolute Gasteiger partial charge is 0.338 e. The first-order valence-electron chi connectivity index (χ1n) is 7.58. The molecule has 0 aromatic heterocycles. The van der Waals surface area contributed by atoms with E-state index < -0.39 is 5.41 Å². The molecule has 1 aromatic rings. The number of nitrogens with zero attached hydrogens (tertiary/aromatic N) is 1. The molecule has 0 aliphatic heterocycles. The summed E-state index contributed by atoms with van der Waals surface area (Å²) in [5.74, 6) is 0.171. The monoisotopic (exact) mass is 274 g/mol. The molecule has 1 aromatic carbocycles. The SMILES string of the molecule is CCC(C)(CN)C(=O)N(C)C1CCCc2ccccc21. The molecule has 1 aliphatic carbocycles. The molecule has 2 N–H and O–H groups in total. The lowest BCUT2D eigenvalue weighted by Crippen LogP contribution is -2.46. The molecular weight excluding hydrogens is 248 g/mol.